The maximum atomic E-state index is 11.2. The Balaban J connectivity index is 2.58. The molecule has 1 aromatic rings. The van der Waals surface area contributed by atoms with Gasteiger partial charge in [0.05, 0.1) is 13.3 Å². The standard InChI is InChI=1S/C9H15N3O2/c1-3-4-5-6-12-8(7-10-11-12)9(13)14-2/h7H,3-6H2,1-2H3. The Kier molecular flexibility index (Phi) is 4.10. The summed E-state index contributed by atoms with van der Waals surface area (Å²) in [6, 6.07) is 0. The Morgan fingerprint density at radius 3 is 3.00 bits per heavy atom. The summed E-state index contributed by atoms with van der Waals surface area (Å²) in [5, 5.41) is 7.50. The average Bonchev–Trinajstić information content (AvgIpc) is 2.65. The van der Waals surface area contributed by atoms with Gasteiger partial charge in [-0.2, -0.15) is 0 Å². The summed E-state index contributed by atoms with van der Waals surface area (Å²) in [7, 11) is 1.35. The summed E-state index contributed by atoms with van der Waals surface area (Å²) in [5.74, 6) is -0.383. The lowest BCUT2D eigenvalue weighted by atomic mass is 10.2. The van der Waals surface area contributed by atoms with Crippen LogP contribution in [0.15, 0.2) is 6.20 Å². The van der Waals surface area contributed by atoms with Crippen LogP contribution in [-0.4, -0.2) is 28.1 Å². The molecular weight excluding hydrogens is 182 g/mol. The monoisotopic (exact) mass is 197 g/mol. The average molecular weight is 197 g/mol. The van der Waals surface area contributed by atoms with E-state index in [9.17, 15) is 4.79 Å². The van der Waals surface area contributed by atoms with Crippen LogP contribution >= 0.6 is 0 Å². The van der Waals surface area contributed by atoms with E-state index in [1.54, 1.807) is 4.68 Å². The van der Waals surface area contributed by atoms with Crippen LogP contribution in [0.2, 0.25) is 0 Å². The number of nitrogens with zero attached hydrogens (tertiary/aromatic N) is 3. The van der Waals surface area contributed by atoms with Crippen molar-refractivity contribution in [2.45, 2.75) is 32.7 Å². The number of hydrogen-bond acceptors (Lipinski definition) is 4. The van der Waals surface area contributed by atoms with Gasteiger partial charge < -0.3 is 4.74 Å². The van der Waals surface area contributed by atoms with Crippen LogP contribution in [0.25, 0.3) is 0 Å². The molecule has 0 saturated heterocycles. The molecule has 1 rings (SSSR count). The van der Waals surface area contributed by atoms with Gasteiger partial charge in [0.1, 0.15) is 0 Å². The van der Waals surface area contributed by atoms with Gasteiger partial charge in [0.25, 0.3) is 0 Å². The molecule has 0 aliphatic carbocycles. The first-order valence-corrected chi connectivity index (χ1v) is 4.76. The van der Waals surface area contributed by atoms with Crippen LogP contribution in [0.1, 0.15) is 36.7 Å². The van der Waals surface area contributed by atoms with E-state index in [4.69, 9.17) is 0 Å². The molecule has 0 amide bonds. The molecule has 0 fully saturated rings. The number of ether oxygens (including phenoxy) is 1. The van der Waals surface area contributed by atoms with Gasteiger partial charge in [0.2, 0.25) is 0 Å². The zero-order valence-corrected chi connectivity index (χ0v) is 8.56. The topological polar surface area (TPSA) is 57.0 Å². The molecule has 78 valence electrons. The van der Waals surface area contributed by atoms with Gasteiger partial charge in [-0.15, -0.1) is 5.10 Å². The molecular formula is C9H15N3O2. The van der Waals surface area contributed by atoms with Crippen molar-refractivity contribution in [3.8, 4) is 0 Å². The largest absolute Gasteiger partial charge is 0.464 e. The third kappa shape index (κ3) is 2.55. The highest BCUT2D eigenvalue weighted by Gasteiger charge is 2.12. The first-order valence-electron chi connectivity index (χ1n) is 4.76. The second kappa shape index (κ2) is 5.36. The quantitative estimate of drug-likeness (QED) is 0.526. The molecule has 1 heterocycles. The van der Waals surface area contributed by atoms with E-state index in [-0.39, 0.29) is 5.97 Å². The Hall–Kier alpha value is -1.39. The van der Waals surface area contributed by atoms with Gasteiger partial charge >= 0.3 is 5.97 Å². The minimum Gasteiger partial charge on any atom is -0.464 e. The van der Waals surface area contributed by atoms with Gasteiger partial charge in [-0.3, -0.25) is 0 Å². The van der Waals surface area contributed by atoms with Crippen molar-refractivity contribution < 1.29 is 9.53 Å². The van der Waals surface area contributed by atoms with Crippen molar-refractivity contribution in [2.75, 3.05) is 7.11 Å². The smallest absolute Gasteiger partial charge is 0.358 e. The Labute approximate surface area is 83.1 Å². The number of methoxy groups -OCH3 is 1. The SMILES string of the molecule is CCCCCn1nncc1C(=O)OC. The van der Waals surface area contributed by atoms with E-state index < -0.39 is 0 Å². The number of unbranched alkanes of at least 4 members (excludes halogenated alkanes) is 2. The van der Waals surface area contributed by atoms with Gasteiger partial charge in [-0.1, -0.05) is 25.0 Å². The number of carbonyl (C=O) groups is 1. The van der Waals surface area contributed by atoms with E-state index in [0.717, 1.165) is 25.8 Å². The van der Waals surface area contributed by atoms with E-state index >= 15 is 0 Å². The Bertz CT molecular complexity index is 296. The van der Waals surface area contributed by atoms with Gasteiger partial charge in [0.15, 0.2) is 5.69 Å². The van der Waals surface area contributed by atoms with E-state index in [2.05, 4.69) is 22.0 Å². The second-order valence-electron chi connectivity index (χ2n) is 3.04. The predicted octanol–water partition coefficient (Wildman–Crippen LogP) is 1.25. The van der Waals surface area contributed by atoms with E-state index in [0.29, 0.717) is 5.69 Å². The van der Waals surface area contributed by atoms with Crippen LogP contribution < -0.4 is 0 Å². The molecule has 0 radical (unpaired) electrons. The van der Waals surface area contributed by atoms with Crippen LogP contribution in [0, 0.1) is 0 Å². The summed E-state index contributed by atoms with van der Waals surface area (Å²) in [5.41, 5.74) is 0.420. The third-order valence-electron chi connectivity index (χ3n) is 1.99. The first-order chi connectivity index (χ1) is 6.79. The lowest BCUT2D eigenvalue weighted by Gasteiger charge is -2.03. The highest BCUT2D eigenvalue weighted by molar-refractivity contribution is 5.86. The number of aromatic nitrogens is 3. The van der Waals surface area contributed by atoms with Crippen LogP contribution in [-0.2, 0) is 11.3 Å². The molecule has 0 N–H and O–H groups in total. The Morgan fingerprint density at radius 2 is 2.36 bits per heavy atom. The van der Waals surface area contributed by atoms with Crippen LogP contribution in [0.5, 0.6) is 0 Å². The van der Waals surface area contributed by atoms with Crippen molar-refractivity contribution in [3.05, 3.63) is 11.9 Å². The fourth-order valence-corrected chi connectivity index (χ4v) is 1.20. The third-order valence-corrected chi connectivity index (χ3v) is 1.99. The second-order valence-corrected chi connectivity index (χ2v) is 3.04. The summed E-state index contributed by atoms with van der Waals surface area (Å²) < 4.78 is 6.19. The maximum absolute atomic E-state index is 11.2. The number of aryl methyl sites for hydroxylation is 1. The van der Waals surface area contributed by atoms with Crippen molar-refractivity contribution in [1.82, 2.24) is 15.0 Å². The molecule has 0 aliphatic heterocycles. The van der Waals surface area contributed by atoms with E-state index in [1.807, 2.05) is 0 Å². The zero-order chi connectivity index (χ0) is 10.4. The van der Waals surface area contributed by atoms with Gasteiger partial charge in [-0.25, -0.2) is 9.48 Å². The molecule has 0 bridgehead atoms. The molecule has 0 unspecified atom stereocenters. The molecule has 0 aliphatic rings. The normalized spacial score (nSPS) is 10.1. The number of esters is 1. The first kappa shape index (κ1) is 10.7. The van der Waals surface area contributed by atoms with Crippen LogP contribution in [0.4, 0.5) is 0 Å². The summed E-state index contributed by atoms with van der Waals surface area (Å²) in [6.07, 6.45) is 4.70. The van der Waals surface area contributed by atoms with Gasteiger partial charge in [-0.05, 0) is 6.42 Å². The van der Waals surface area contributed by atoms with Crippen molar-refractivity contribution in [2.24, 2.45) is 0 Å². The maximum Gasteiger partial charge on any atom is 0.358 e. The number of carbonyl (C=O) groups excluding carboxylic acids is 1. The van der Waals surface area contributed by atoms with E-state index in [1.165, 1.54) is 13.3 Å². The number of rotatable bonds is 5. The minimum atomic E-state index is -0.383. The van der Waals surface area contributed by atoms with Gasteiger partial charge in [0, 0.05) is 6.54 Å². The highest BCUT2D eigenvalue weighted by atomic mass is 16.5. The predicted molar refractivity (Wildman–Crippen MR) is 50.9 cm³/mol. The fourth-order valence-electron chi connectivity index (χ4n) is 1.20. The zero-order valence-electron chi connectivity index (χ0n) is 8.56. The molecule has 1 aromatic heterocycles. The summed E-state index contributed by atoms with van der Waals surface area (Å²) in [4.78, 5) is 11.2. The number of hydrogen-bond donors (Lipinski definition) is 0. The molecule has 0 atom stereocenters. The molecule has 5 nitrogen and oxygen atoms in total. The fraction of sp³-hybridized carbons (Fsp3) is 0.667. The molecule has 5 heteroatoms. The highest BCUT2D eigenvalue weighted by Crippen LogP contribution is 2.02. The molecule has 0 spiro atoms. The molecule has 14 heavy (non-hydrogen) atoms. The van der Waals surface area contributed by atoms with Crippen molar-refractivity contribution in [1.29, 1.82) is 0 Å². The summed E-state index contributed by atoms with van der Waals surface area (Å²) in [6.45, 7) is 2.85. The summed E-state index contributed by atoms with van der Waals surface area (Å²) >= 11 is 0. The van der Waals surface area contributed by atoms with Crippen molar-refractivity contribution >= 4 is 5.97 Å². The minimum absolute atomic E-state index is 0.383. The lowest BCUT2D eigenvalue weighted by molar-refractivity contribution is 0.0586. The molecule has 0 aromatic carbocycles. The van der Waals surface area contributed by atoms with Crippen molar-refractivity contribution in [3.63, 3.8) is 0 Å². The molecule has 0 saturated carbocycles. The van der Waals surface area contributed by atoms with Crippen LogP contribution in [0.3, 0.4) is 0 Å². The lowest BCUT2D eigenvalue weighted by Crippen LogP contribution is -2.12. The Morgan fingerprint density at radius 1 is 1.57 bits per heavy atom.